The molecule has 0 aliphatic heterocycles. The first-order valence-corrected chi connectivity index (χ1v) is 9.95. The molecule has 0 aliphatic carbocycles. The lowest BCUT2D eigenvalue weighted by atomic mass is 9.87. The number of aromatic nitrogens is 2. The molecule has 6 heteroatoms. The number of rotatable bonds is 3. The predicted molar refractivity (Wildman–Crippen MR) is 122 cm³/mol. The van der Waals surface area contributed by atoms with Crippen LogP contribution in [0.5, 0.6) is 0 Å². The summed E-state index contributed by atoms with van der Waals surface area (Å²) in [5, 5.41) is 3.59. The molecular weight excluding hydrogens is 391 g/mol. The van der Waals surface area contributed by atoms with Crippen molar-refractivity contribution in [2.75, 3.05) is 11.1 Å². The van der Waals surface area contributed by atoms with Gasteiger partial charge in [0.05, 0.1) is 11.1 Å². The molecule has 1 aromatic heterocycles. The third-order valence-electron chi connectivity index (χ3n) is 5.15. The first-order chi connectivity index (χ1) is 14.7. The average Bonchev–Trinajstić information content (AvgIpc) is 2.73. The first-order valence-electron chi connectivity index (χ1n) is 9.95. The number of benzene rings is 3. The average molecular weight is 414 g/mol. The van der Waals surface area contributed by atoms with E-state index in [0.29, 0.717) is 11.3 Å². The zero-order valence-corrected chi connectivity index (χ0v) is 17.6. The van der Waals surface area contributed by atoms with Crippen LogP contribution in [-0.2, 0) is 5.41 Å². The minimum Gasteiger partial charge on any atom is -0.368 e. The van der Waals surface area contributed by atoms with Gasteiger partial charge in [0, 0.05) is 17.3 Å². The highest BCUT2D eigenvalue weighted by atomic mass is 19.1. The molecule has 0 radical (unpaired) electrons. The fourth-order valence-corrected chi connectivity index (χ4v) is 3.36. The number of carbonyl (C=O) groups is 1. The molecule has 31 heavy (non-hydrogen) atoms. The van der Waals surface area contributed by atoms with E-state index in [1.165, 1.54) is 6.07 Å². The molecule has 0 aliphatic rings. The molecule has 0 saturated carbocycles. The highest BCUT2D eigenvalue weighted by Gasteiger charge is 2.16. The standard InChI is InChI=1S/C25H23FN4O/c1-25(2,3)18-6-8-19(9-7-18)29-23(31)20-13-16(4-10-21(20)26)15-5-11-22-17(12-15)14-28-24(27)30-22/h4-14H,1-3H3,(H,29,31)(H2,27,28,30). The predicted octanol–water partition coefficient (Wildman–Crippen LogP) is 5.57. The Kier molecular flexibility index (Phi) is 5.15. The molecule has 4 aromatic rings. The Hall–Kier alpha value is -3.80. The summed E-state index contributed by atoms with van der Waals surface area (Å²) in [4.78, 5) is 21.0. The number of hydrogen-bond acceptors (Lipinski definition) is 4. The number of nitrogens with zero attached hydrogens (tertiary/aromatic N) is 2. The molecule has 4 rings (SSSR count). The second-order valence-corrected chi connectivity index (χ2v) is 8.48. The fraction of sp³-hybridized carbons (Fsp3) is 0.160. The van der Waals surface area contributed by atoms with Gasteiger partial charge in [-0.1, -0.05) is 45.0 Å². The SMILES string of the molecule is CC(C)(C)c1ccc(NC(=O)c2cc(-c3ccc4nc(N)ncc4c3)ccc2F)cc1. The van der Waals surface area contributed by atoms with Crippen molar-refractivity contribution in [3.05, 3.63) is 83.8 Å². The molecule has 0 spiro atoms. The van der Waals surface area contributed by atoms with Crippen LogP contribution in [0.25, 0.3) is 22.0 Å². The van der Waals surface area contributed by atoms with E-state index in [-0.39, 0.29) is 16.9 Å². The Balaban J connectivity index is 1.61. The molecule has 156 valence electrons. The van der Waals surface area contributed by atoms with Gasteiger partial charge in [0.1, 0.15) is 5.82 Å². The topological polar surface area (TPSA) is 80.9 Å². The number of amides is 1. The van der Waals surface area contributed by atoms with Crippen molar-refractivity contribution in [1.29, 1.82) is 0 Å². The summed E-state index contributed by atoms with van der Waals surface area (Å²) in [6.07, 6.45) is 1.64. The maximum atomic E-state index is 14.5. The number of hydrogen-bond donors (Lipinski definition) is 2. The molecule has 1 heterocycles. The van der Waals surface area contributed by atoms with E-state index in [1.807, 2.05) is 42.5 Å². The molecule has 0 fully saturated rings. The number of nitrogens with two attached hydrogens (primary N) is 1. The lowest BCUT2D eigenvalue weighted by Crippen LogP contribution is -2.15. The van der Waals surface area contributed by atoms with Gasteiger partial charge in [0.15, 0.2) is 0 Å². The molecule has 0 bridgehead atoms. The fourth-order valence-electron chi connectivity index (χ4n) is 3.36. The molecular formula is C25H23FN4O. The van der Waals surface area contributed by atoms with E-state index < -0.39 is 11.7 Å². The monoisotopic (exact) mass is 414 g/mol. The second kappa shape index (κ2) is 7.80. The van der Waals surface area contributed by atoms with Crippen molar-refractivity contribution in [3.8, 4) is 11.1 Å². The molecule has 3 aromatic carbocycles. The van der Waals surface area contributed by atoms with Gasteiger partial charge < -0.3 is 11.1 Å². The maximum absolute atomic E-state index is 14.5. The minimum absolute atomic E-state index is 0.0135. The number of anilines is 2. The van der Waals surface area contributed by atoms with Crippen molar-refractivity contribution in [3.63, 3.8) is 0 Å². The van der Waals surface area contributed by atoms with Gasteiger partial charge in [0.25, 0.3) is 5.91 Å². The number of fused-ring (bicyclic) bond motifs is 1. The van der Waals surface area contributed by atoms with Crippen LogP contribution in [0.4, 0.5) is 16.0 Å². The van der Waals surface area contributed by atoms with Gasteiger partial charge in [-0.15, -0.1) is 0 Å². The van der Waals surface area contributed by atoms with Crippen molar-refractivity contribution in [2.24, 2.45) is 0 Å². The highest BCUT2D eigenvalue weighted by molar-refractivity contribution is 6.05. The van der Waals surface area contributed by atoms with Crippen molar-refractivity contribution in [2.45, 2.75) is 26.2 Å². The van der Waals surface area contributed by atoms with E-state index in [4.69, 9.17) is 5.73 Å². The summed E-state index contributed by atoms with van der Waals surface area (Å²) >= 11 is 0. The third kappa shape index (κ3) is 4.38. The summed E-state index contributed by atoms with van der Waals surface area (Å²) < 4.78 is 14.5. The quantitative estimate of drug-likeness (QED) is 0.459. The van der Waals surface area contributed by atoms with Crippen LogP contribution in [0.15, 0.2) is 66.9 Å². The number of halogens is 1. The van der Waals surface area contributed by atoms with Crippen molar-refractivity contribution >= 4 is 28.4 Å². The van der Waals surface area contributed by atoms with Crippen LogP contribution in [0.3, 0.4) is 0 Å². The van der Waals surface area contributed by atoms with Gasteiger partial charge in [-0.3, -0.25) is 4.79 Å². The van der Waals surface area contributed by atoms with Crippen LogP contribution < -0.4 is 11.1 Å². The van der Waals surface area contributed by atoms with Crippen LogP contribution in [0.1, 0.15) is 36.7 Å². The number of nitrogen functional groups attached to an aromatic ring is 1. The van der Waals surface area contributed by atoms with Crippen LogP contribution in [0.2, 0.25) is 0 Å². The molecule has 3 N–H and O–H groups in total. The lowest BCUT2D eigenvalue weighted by molar-refractivity contribution is 0.102. The molecule has 5 nitrogen and oxygen atoms in total. The van der Waals surface area contributed by atoms with E-state index >= 15 is 0 Å². The smallest absolute Gasteiger partial charge is 0.258 e. The summed E-state index contributed by atoms with van der Waals surface area (Å²) in [5.74, 6) is -0.874. The van der Waals surface area contributed by atoms with E-state index in [9.17, 15) is 9.18 Å². The van der Waals surface area contributed by atoms with Crippen LogP contribution in [-0.4, -0.2) is 15.9 Å². The zero-order chi connectivity index (χ0) is 22.2. The Morgan fingerprint density at radius 2 is 1.65 bits per heavy atom. The number of nitrogens with one attached hydrogen (secondary N) is 1. The van der Waals surface area contributed by atoms with E-state index in [1.54, 1.807) is 18.3 Å². The highest BCUT2D eigenvalue weighted by Crippen LogP contribution is 2.27. The Morgan fingerprint density at radius 1 is 0.968 bits per heavy atom. The third-order valence-corrected chi connectivity index (χ3v) is 5.15. The minimum atomic E-state index is -0.579. The zero-order valence-electron chi connectivity index (χ0n) is 17.6. The van der Waals surface area contributed by atoms with Gasteiger partial charge in [0.2, 0.25) is 5.95 Å². The Morgan fingerprint density at radius 3 is 2.35 bits per heavy atom. The first kappa shape index (κ1) is 20.5. The van der Waals surface area contributed by atoms with Crippen molar-refractivity contribution in [1.82, 2.24) is 9.97 Å². The van der Waals surface area contributed by atoms with Gasteiger partial charge in [-0.2, -0.15) is 0 Å². The van der Waals surface area contributed by atoms with Crippen LogP contribution >= 0.6 is 0 Å². The maximum Gasteiger partial charge on any atom is 0.258 e. The molecule has 0 saturated heterocycles. The molecule has 0 atom stereocenters. The second-order valence-electron chi connectivity index (χ2n) is 8.48. The van der Waals surface area contributed by atoms with Crippen LogP contribution in [0, 0.1) is 5.82 Å². The summed E-state index contributed by atoms with van der Waals surface area (Å²) in [7, 11) is 0. The van der Waals surface area contributed by atoms with E-state index in [2.05, 4.69) is 36.1 Å². The molecule has 1 amide bonds. The van der Waals surface area contributed by atoms with Crippen molar-refractivity contribution < 1.29 is 9.18 Å². The summed E-state index contributed by atoms with van der Waals surface area (Å²) in [5.41, 5.74) is 9.64. The van der Waals surface area contributed by atoms with E-state index in [0.717, 1.165) is 22.0 Å². The normalized spacial score (nSPS) is 11.5. The molecule has 0 unspecified atom stereocenters. The largest absolute Gasteiger partial charge is 0.368 e. The van der Waals surface area contributed by atoms with Gasteiger partial charge in [-0.25, -0.2) is 14.4 Å². The Labute approximate surface area is 180 Å². The van der Waals surface area contributed by atoms with Gasteiger partial charge in [-0.05, 0) is 58.5 Å². The summed E-state index contributed by atoms with van der Waals surface area (Å²) in [6, 6.07) is 17.6. The van der Waals surface area contributed by atoms with Gasteiger partial charge >= 0.3 is 0 Å². The summed E-state index contributed by atoms with van der Waals surface area (Å²) in [6.45, 7) is 6.36. The number of carbonyl (C=O) groups excluding carboxylic acids is 1. The Bertz CT molecular complexity index is 1280. The lowest BCUT2D eigenvalue weighted by Gasteiger charge is -2.19.